The number of halogens is 6. The molecule has 4 heterocycles. The Morgan fingerprint density at radius 2 is 1.81 bits per heavy atom. The monoisotopic (exact) mass is 534 g/mol. The van der Waals surface area contributed by atoms with Crippen LogP contribution < -0.4 is 4.90 Å². The second kappa shape index (κ2) is 9.63. The van der Waals surface area contributed by atoms with Gasteiger partial charge in [0.25, 0.3) is 0 Å². The number of aromatic nitrogens is 6. The lowest BCUT2D eigenvalue weighted by Crippen LogP contribution is -2.54. The Morgan fingerprint density at radius 3 is 2.39 bits per heavy atom. The molecule has 0 aromatic carbocycles. The maximum Gasteiger partial charge on any atom is 0.451 e. The van der Waals surface area contributed by atoms with E-state index < -0.39 is 23.2 Å². The van der Waals surface area contributed by atoms with E-state index in [1.165, 1.54) is 6.33 Å². The fourth-order valence-electron chi connectivity index (χ4n) is 3.87. The number of hydrogen-bond acceptors (Lipinski definition) is 8. The summed E-state index contributed by atoms with van der Waals surface area (Å²) < 4.78 is 80.5. The Morgan fingerprint density at radius 1 is 1.11 bits per heavy atom. The largest absolute Gasteiger partial charge is 0.451 e. The van der Waals surface area contributed by atoms with E-state index in [2.05, 4.69) is 25.1 Å². The molecule has 194 valence electrons. The number of carbonyl (C=O) groups excluding carboxylic acids is 1. The van der Waals surface area contributed by atoms with Crippen LogP contribution in [-0.2, 0) is 30.1 Å². The lowest BCUT2D eigenvalue weighted by atomic mass is 10.1. The van der Waals surface area contributed by atoms with Gasteiger partial charge in [0.2, 0.25) is 16.7 Å². The van der Waals surface area contributed by atoms with Crippen LogP contribution in [0.4, 0.5) is 31.3 Å². The zero-order chi connectivity index (χ0) is 26.3. The molecule has 0 aliphatic carbocycles. The van der Waals surface area contributed by atoms with Crippen LogP contribution in [0.15, 0.2) is 18.7 Å². The van der Waals surface area contributed by atoms with E-state index in [1.54, 1.807) is 21.3 Å². The summed E-state index contributed by atoms with van der Waals surface area (Å²) in [6.07, 6.45) is -5.86. The summed E-state index contributed by atoms with van der Waals surface area (Å²) in [5.74, 6) is -0.935. The molecule has 0 N–H and O–H groups in total. The number of aryl methyl sites for hydroxylation is 1. The second-order valence-electron chi connectivity index (χ2n) is 8.07. The average Bonchev–Trinajstić information content (AvgIpc) is 3.45. The van der Waals surface area contributed by atoms with E-state index >= 15 is 0 Å². The first-order chi connectivity index (χ1) is 16.9. The van der Waals surface area contributed by atoms with E-state index in [1.807, 2.05) is 6.92 Å². The molecule has 36 heavy (non-hydrogen) atoms. The summed E-state index contributed by atoms with van der Waals surface area (Å²) in [5, 5.41) is 6.73. The quantitative estimate of drug-likeness (QED) is 0.463. The molecule has 9 nitrogen and oxygen atoms in total. The van der Waals surface area contributed by atoms with Gasteiger partial charge in [-0.05, 0) is 6.92 Å². The van der Waals surface area contributed by atoms with Crippen LogP contribution >= 0.6 is 11.3 Å². The SMILES string of the molecule is CCc1nncn1CC(=O)N1CCN(c2sc(C(F)(F)F)nc2-c2cnc(C(F)(F)F)nc2)C[C@H]1C. The number of carbonyl (C=O) groups is 1. The van der Waals surface area contributed by atoms with Crippen molar-refractivity contribution in [3.8, 4) is 11.3 Å². The molecule has 1 fully saturated rings. The highest BCUT2D eigenvalue weighted by Crippen LogP contribution is 2.43. The fraction of sp³-hybridized carbons (Fsp3) is 0.500. The number of piperazine rings is 1. The van der Waals surface area contributed by atoms with Gasteiger partial charge in [0.05, 0.1) is 0 Å². The predicted octanol–water partition coefficient (Wildman–Crippen LogP) is 3.53. The normalized spacial score (nSPS) is 17.1. The minimum atomic E-state index is -4.79. The van der Waals surface area contributed by atoms with Crippen LogP contribution in [0.1, 0.15) is 30.5 Å². The summed E-state index contributed by atoms with van der Waals surface area (Å²) >= 11 is 0.386. The number of hydrogen-bond donors (Lipinski definition) is 0. The Kier molecular flexibility index (Phi) is 6.90. The molecule has 16 heteroatoms. The van der Waals surface area contributed by atoms with Gasteiger partial charge < -0.3 is 14.4 Å². The summed E-state index contributed by atoms with van der Waals surface area (Å²) in [7, 11) is 0. The molecule has 1 amide bonds. The molecule has 1 saturated heterocycles. The molecule has 4 rings (SSSR count). The first-order valence-electron chi connectivity index (χ1n) is 10.8. The zero-order valence-corrected chi connectivity index (χ0v) is 19.8. The van der Waals surface area contributed by atoms with Crippen LogP contribution in [0.25, 0.3) is 11.3 Å². The Labute approximate surface area is 204 Å². The summed E-state index contributed by atoms with van der Waals surface area (Å²) in [4.78, 5) is 26.3. The molecule has 0 radical (unpaired) electrons. The summed E-state index contributed by atoms with van der Waals surface area (Å²) in [5.41, 5.74) is -0.235. The maximum absolute atomic E-state index is 13.5. The number of alkyl halides is 6. The molecule has 0 unspecified atom stereocenters. The van der Waals surface area contributed by atoms with Crippen molar-refractivity contribution < 1.29 is 31.1 Å². The number of rotatable bonds is 5. The van der Waals surface area contributed by atoms with Gasteiger partial charge in [-0.15, -0.1) is 10.2 Å². The highest BCUT2D eigenvalue weighted by atomic mass is 32.1. The van der Waals surface area contributed by atoms with Crippen molar-refractivity contribution in [2.75, 3.05) is 24.5 Å². The Bertz CT molecular complexity index is 1220. The smallest absolute Gasteiger partial charge is 0.358 e. The first kappa shape index (κ1) is 25.8. The van der Waals surface area contributed by atoms with Crippen molar-refractivity contribution in [2.24, 2.45) is 0 Å². The van der Waals surface area contributed by atoms with Gasteiger partial charge in [0, 0.05) is 50.1 Å². The molecular weight excluding hydrogens is 514 g/mol. The molecule has 3 aromatic heterocycles. The summed E-state index contributed by atoms with van der Waals surface area (Å²) in [6, 6.07) is -0.360. The molecule has 1 aliphatic rings. The lowest BCUT2D eigenvalue weighted by molar-refractivity contribution is -0.145. The molecule has 0 spiro atoms. The lowest BCUT2D eigenvalue weighted by Gasteiger charge is -2.40. The molecule has 0 bridgehead atoms. The molecule has 1 atom stereocenters. The van der Waals surface area contributed by atoms with Crippen molar-refractivity contribution >= 4 is 22.2 Å². The average molecular weight is 534 g/mol. The highest BCUT2D eigenvalue weighted by Gasteiger charge is 2.39. The third-order valence-electron chi connectivity index (χ3n) is 5.58. The molecule has 1 aliphatic heterocycles. The maximum atomic E-state index is 13.5. The third-order valence-corrected chi connectivity index (χ3v) is 6.74. The van der Waals surface area contributed by atoms with Crippen molar-refractivity contribution in [2.45, 2.75) is 45.2 Å². The molecule has 3 aromatic rings. The highest BCUT2D eigenvalue weighted by molar-refractivity contribution is 7.16. The molecule has 0 saturated carbocycles. The number of anilines is 1. The predicted molar refractivity (Wildman–Crippen MR) is 116 cm³/mol. The van der Waals surface area contributed by atoms with Crippen LogP contribution in [0, 0.1) is 0 Å². The topological polar surface area (TPSA) is 92.9 Å². The van der Waals surface area contributed by atoms with E-state index in [4.69, 9.17) is 0 Å². The van der Waals surface area contributed by atoms with E-state index in [9.17, 15) is 31.1 Å². The van der Waals surface area contributed by atoms with Crippen molar-refractivity contribution in [1.82, 2.24) is 34.6 Å². The van der Waals surface area contributed by atoms with Gasteiger partial charge in [-0.3, -0.25) is 4.79 Å². The van der Waals surface area contributed by atoms with Gasteiger partial charge in [0.15, 0.2) is 0 Å². The fourth-order valence-corrected chi connectivity index (χ4v) is 4.86. The Hall–Kier alpha value is -3.30. The standard InChI is InChI=1S/C20H20F6N8OS/c1-3-13-31-29-10-33(13)9-14(35)34-5-4-32(8-11(34)2)16-15(30-18(36-16)20(24,25)26)12-6-27-17(28-7-12)19(21,22)23/h6-7,10-11H,3-5,8-9H2,1-2H3/t11-/m1/s1. The molecular formula is C20H20F6N8OS. The first-order valence-corrected chi connectivity index (χ1v) is 11.6. The van der Waals surface area contributed by atoms with Gasteiger partial charge in [-0.2, -0.15) is 26.3 Å². The zero-order valence-electron chi connectivity index (χ0n) is 19.0. The minimum Gasteiger partial charge on any atom is -0.358 e. The number of nitrogens with zero attached hydrogens (tertiary/aromatic N) is 8. The second-order valence-corrected chi connectivity index (χ2v) is 9.05. The van der Waals surface area contributed by atoms with Crippen molar-refractivity contribution in [3.05, 3.63) is 35.4 Å². The number of amides is 1. The van der Waals surface area contributed by atoms with Crippen LogP contribution in [0.3, 0.4) is 0 Å². The van der Waals surface area contributed by atoms with Crippen molar-refractivity contribution in [3.63, 3.8) is 0 Å². The third kappa shape index (κ3) is 5.27. The number of thiazole rings is 1. The van der Waals surface area contributed by atoms with E-state index in [0.29, 0.717) is 23.6 Å². The van der Waals surface area contributed by atoms with Crippen molar-refractivity contribution in [1.29, 1.82) is 0 Å². The van der Waals surface area contributed by atoms with Gasteiger partial charge in [0.1, 0.15) is 29.4 Å². The van der Waals surface area contributed by atoms with Crippen LogP contribution in [-0.4, -0.2) is 66.2 Å². The van der Waals surface area contributed by atoms with Crippen LogP contribution in [0.5, 0.6) is 0 Å². The van der Waals surface area contributed by atoms with E-state index in [-0.39, 0.29) is 54.4 Å². The van der Waals surface area contributed by atoms with E-state index in [0.717, 1.165) is 12.4 Å². The van der Waals surface area contributed by atoms with Gasteiger partial charge >= 0.3 is 12.4 Å². The Balaban J connectivity index is 1.57. The van der Waals surface area contributed by atoms with Gasteiger partial charge in [-0.25, -0.2) is 15.0 Å². The van der Waals surface area contributed by atoms with Crippen LogP contribution in [0.2, 0.25) is 0 Å². The summed E-state index contributed by atoms with van der Waals surface area (Å²) in [6.45, 7) is 4.31. The van der Waals surface area contributed by atoms with Gasteiger partial charge in [-0.1, -0.05) is 18.3 Å². The minimum absolute atomic E-state index is 0.0352.